The largest absolute Gasteiger partial charge is 0.464 e. The van der Waals surface area contributed by atoms with Crippen molar-refractivity contribution >= 4 is 39.0 Å². The molecule has 1 amide bonds. The molecule has 6 heteroatoms. The highest BCUT2D eigenvalue weighted by Gasteiger charge is 2.29. The van der Waals surface area contributed by atoms with Crippen LogP contribution in [0.2, 0.25) is 0 Å². The van der Waals surface area contributed by atoms with Crippen LogP contribution in [-0.2, 0) is 11.3 Å². The number of nitrogens with zero attached hydrogens (tertiary/aromatic N) is 1. The fraction of sp³-hybridized carbons (Fsp3) is 0.200. The van der Waals surface area contributed by atoms with E-state index in [-0.39, 0.29) is 0 Å². The number of carbonyl (C=O) groups excluding carboxylic acids is 2. The van der Waals surface area contributed by atoms with E-state index in [0.717, 1.165) is 21.7 Å². The number of benzene rings is 1. The summed E-state index contributed by atoms with van der Waals surface area (Å²) in [7, 11) is 1.92. The van der Waals surface area contributed by atoms with Crippen LogP contribution in [0.25, 0.3) is 0 Å². The van der Waals surface area contributed by atoms with Gasteiger partial charge in [-0.05, 0) is 47.1 Å². The normalized spacial score (nSPS) is 13.3. The van der Waals surface area contributed by atoms with E-state index in [0.29, 0.717) is 17.8 Å². The van der Waals surface area contributed by atoms with Gasteiger partial charge >= 0.3 is 0 Å². The first-order chi connectivity index (χ1) is 9.95. The molecule has 1 aromatic heterocycles. The standard InChI is InChI=1S/C15H13BrN2O3/c1-8-3-4-9(21-8)7-18(2)13-6-12-10(5-11(13)16)14(19)15(20)17-12/h3-6H,7H2,1-2H3,(H,17,19,20). The van der Waals surface area contributed by atoms with Crippen molar-refractivity contribution < 1.29 is 14.0 Å². The first-order valence-corrected chi connectivity index (χ1v) is 7.20. The molecular weight excluding hydrogens is 336 g/mol. The summed E-state index contributed by atoms with van der Waals surface area (Å²) in [6.45, 7) is 2.49. The van der Waals surface area contributed by atoms with Crippen LogP contribution >= 0.6 is 15.9 Å². The summed E-state index contributed by atoms with van der Waals surface area (Å²) in [6, 6.07) is 7.31. The number of anilines is 2. The van der Waals surface area contributed by atoms with Crippen LogP contribution in [0.1, 0.15) is 21.9 Å². The van der Waals surface area contributed by atoms with Crippen molar-refractivity contribution in [3.05, 3.63) is 45.8 Å². The molecule has 1 N–H and O–H groups in total. The van der Waals surface area contributed by atoms with Crippen LogP contribution in [0.5, 0.6) is 0 Å². The lowest BCUT2D eigenvalue weighted by Crippen LogP contribution is -2.16. The Morgan fingerprint density at radius 1 is 1.29 bits per heavy atom. The average molecular weight is 349 g/mol. The number of carbonyl (C=O) groups is 2. The Hall–Kier alpha value is -2.08. The number of ketones is 1. The number of halogens is 1. The number of Topliss-reactive ketones (excluding diaryl/α,β-unsaturated/α-hetero) is 1. The van der Waals surface area contributed by atoms with E-state index in [1.54, 1.807) is 12.1 Å². The van der Waals surface area contributed by atoms with Gasteiger partial charge in [0.05, 0.1) is 23.5 Å². The number of hydrogen-bond donors (Lipinski definition) is 1. The highest BCUT2D eigenvalue weighted by atomic mass is 79.9. The third kappa shape index (κ3) is 2.47. The molecule has 108 valence electrons. The van der Waals surface area contributed by atoms with Crippen LogP contribution in [-0.4, -0.2) is 18.7 Å². The molecule has 0 atom stereocenters. The molecule has 0 fully saturated rings. The summed E-state index contributed by atoms with van der Waals surface area (Å²) in [5.74, 6) is 0.631. The van der Waals surface area contributed by atoms with E-state index >= 15 is 0 Å². The number of aryl methyl sites for hydroxylation is 1. The smallest absolute Gasteiger partial charge is 0.296 e. The monoisotopic (exact) mass is 348 g/mol. The topological polar surface area (TPSA) is 62.6 Å². The third-order valence-electron chi connectivity index (χ3n) is 3.39. The van der Waals surface area contributed by atoms with Gasteiger partial charge in [-0.15, -0.1) is 0 Å². The summed E-state index contributed by atoms with van der Waals surface area (Å²) in [5, 5.41) is 2.58. The van der Waals surface area contributed by atoms with Gasteiger partial charge in [0.1, 0.15) is 11.5 Å². The number of nitrogens with one attached hydrogen (secondary N) is 1. The molecule has 0 unspecified atom stereocenters. The molecule has 0 aliphatic carbocycles. The lowest BCUT2D eigenvalue weighted by Gasteiger charge is -2.20. The molecule has 2 heterocycles. The van der Waals surface area contributed by atoms with Gasteiger partial charge in [-0.25, -0.2) is 0 Å². The summed E-state index contributed by atoms with van der Waals surface area (Å²) < 4.78 is 6.32. The van der Waals surface area contributed by atoms with E-state index in [4.69, 9.17) is 4.42 Å². The number of rotatable bonds is 3. The van der Waals surface area contributed by atoms with Crippen LogP contribution < -0.4 is 10.2 Å². The van der Waals surface area contributed by atoms with Gasteiger partial charge in [0.2, 0.25) is 0 Å². The van der Waals surface area contributed by atoms with E-state index in [1.807, 2.05) is 31.0 Å². The molecule has 1 aliphatic rings. The number of hydrogen-bond acceptors (Lipinski definition) is 4. The van der Waals surface area contributed by atoms with Crippen LogP contribution in [0.15, 0.2) is 33.2 Å². The zero-order valence-electron chi connectivity index (χ0n) is 11.6. The lowest BCUT2D eigenvalue weighted by atomic mass is 10.1. The van der Waals surface area contributed by atoms with Crippen molar-refractivity contribution in [2.24, 2.45) is 0 Å². The summed E-state index contributed by atoms with van der Waals surface area (Å²) >= 11 is 3.45. The van der Waals surface area contributed by atoms with Gasteiger partial charge in [-0.2, -0.15) is 0 Å². The Morgan fingerprint density at radius 2 is 2.05 bits per heavy atom. The van der Waals surface area contributed by atoms with E-state index in [1.165, 1.54) is 0 Å². The molecule has 5 nitrogen and oxygen atoms in total. The molecule has 3 rings (SSSR count). The van der Waals surface area contributed by atoms with Gasteiger partial charge in [0, 0.05) is 11.5 Å². The fourth-order valence-electron chi connectivity index (χ4n) is 2.34. The van der Waals surface area contributed by atoms with E-state index in [2.05, 4.69) is 21.2 Å². The maximum atomic E-state index is 11.7. The molecule has 0 saturated carbocycles. The van der Waals surface area contributed by atoms with Crippen LogP contribution in [0.4, 0.5) is 11.4 Å². The first kappa shape index (κ1) is 13.9. The maximum Gasteiger partial charge on any atom is 0.296 e. The molecule has 0 radical (unpaired) electrons. The predicted octanol–water partition coefficient (Wildman–Crippen LogP) is 3.12. The van der Waals surface area contributed by atoms with Gasteiger partial charge in [-0.1, -0.05) is 0 Å². The second-order valence-electron chi connectivity index (χ2n) is 5.00. The number of fused-ring (bicyclic) bond motifs is 1. The zero-order chi connectivity index (χ0) is 15.1. The predicted molar refractivity (Wildman–Crippen MR) is 82.7 cm³/mol. The van der Waals surface area contributed by atoms with E-state index in [9.17, 15) is 9.59 Å². The third-order valence-corrected chi connectivity index (χ3v) is 4.02. The second-order valence-corrected chi connectivity index (χ2v) is 5.86. The Kier molecular flexibility index (Phi) is 3.33. The number of amides is 1. The maximum absolute atomic E-state index is 11.7. The highest BCUT2D eigenvalue weighted by molar-refractivity contribution is 9.10. The minimum absolute atomic E-state index is 0.401. The molecule has 0 saturated heterocycles. The van der Waals surface area contributed by atoms with Gasteiger partial charge in [0.25, 0.3) is 11.7 Å². The van der Waals surface area contributed by atoms with Gasteiger partial charge in [0.15, 0.2) is 0 Å². The highest BCUT2D eigenvalue weighted by Crippen LogP contribution is 2.35. The Bertz CT molecular complexity index is 751. The first-order valence-electron chi connectivity index (χ1n) is 6.41. The molecule has 21 heavy (non-hydrogen) atoms. The summed E-state index contributed by atoms with van der Waals surface area (Å²) in [5.41, 5.74) is 1.82. The van der Waals surface area contributed by atoms with Crippen molar-refractivity contribution in [1.82, 2.24) is 0 Å². The van der Waals surface area contributed by atoms with Crippen molar-refractivity contribution in [1.29, 1.82) is 0 Å². The van der Waals surface area contributed by atoms with Gasteiger partial charge < -0.3 is 14.6 Å². The van der Waals surface area contributed by atoms with E-state index < -0.39 is 11.7 Å². The molecular formula is C15H13BrN2O3. The molecule has 0 bridgehead atoms. The van der Waals surface area contributed by atoms with Crippen LogP contribution in [0, 0.1) is 6.92 Å². The molecule has 0 spiro atoms. The minimum Gasteiger partial charge on any atom is -0.464 e. The van der Waals surface area contributed by atoms with Crippen molar-refractivity contribution in [2.75, 3.05) is 17.3 Å². The Labute approximate surface area is 130 Å². The SMILES string of the molecule is Cc1ccc(CN(C)c2cc3c(cc2Br)C(=O)C(=O)N3)o1. The van der Waals surface area contributed by atoms with Crippen molar-refractivity contribution in [3.8, 4) is 0 Å². The zero-order valence-corrected chi connectivity index (χ0v) is 13.2. The fourth-order valence-corrected chi connectivity index (χ4v) is 2.98. The number of furan rings is 1. The summed E-state index contributed by atoms with van der Waals surface area (Å²) in [4.78, 5) is 25.1. The van der Waals surface area contributed by atoms with Crippen molar-refractivity contribution in [3.63, 3.8) is 0 Å². The Morgan fingerprint density at radius 3 is 2.71 bits per heavy atom. The molecule has 1 aromatic carbocycles. The van der Waals surface area contributed by atoms with Crippen molar-refractivity contribution in [2.45, 2.75) is 13.5 Å². The van der Waals surface area contributed by atoms with Crippen LogP contribution in [0.3, 0.4) is 0 Å². The van der Waals surface area contributed by atoms with Gasteiger partial charge in [-0.3, -0.25) is 9.59 Å². The average Bonchev–Trinajstić information content (AvgIpc) is 2.95. The second kappa shape index (κ2) is 5.04. The quantitative estimate of drug-likeness (QED) is 0.865. The lowest BCUT2D eigenvalue weighted by molar-refractivity contribution is -0.112. The molecule has 2 aromatic rings. The summed E-state index contributed by atoms with van der Waals surface area (Å²) in [6.07, 6.45) is 0. The Balaban J connectivity index is 1.91. The minimum atomic E-state index is -0.585. The molecule has 1 aliphatic heterocycles.